The molecule has 1 saturated heterocycles. The van der Waals surface area contributed by atoms with Crippen molar-refractivity contribution in [3.05, 3.63) is 33.8 Å². The molecular weight excluding hydrogens is 310 g/mol. The summed E-state index contributed by atoms with van der Waals surface area (Å²) >= 11 is 3.40. The number of carbonyl (C=O) groups excluding carboxylic acids is 1. The second-order valence-electron chi connectivity index (χ2n) is 4.94. The Morgan fingerprint density at radius 1 is 1.42 bits per heavy atom. The van der Waals surface area contributed by atoms with Gasteiger partial charge in [-0.15, -0.1) is 0 Å². The summed E-state index contributed by atoms with van der Waals surface area (Å²) in [7, 11) is 0. The van der Waals surface area contributed by atoms with E-state index in [1.165, 1.54) is 0 Å². The second-order valence-corrected chi connectivity index (χ2v) is 5.79. The molecule has 0 aromatic heterocycles. The minimum atomic E-state index is -0.824. The van der Waals surface area contributed by atoms with E-state index in [0.29, 0.717) is 18.5 Å². The van der Waals surface area contributed by atoms with Crippen molar-refractivity contribution in [1.82, 2.24) is 4.90 Å². The van der Waals surface area contributed by atoms with Crippen molar-refractivity contribution < 1.29 is 14.7 Å². The zero-order valence-electron chi connectivity index (χ0n) is 10.9. The van der Waals surface area contributed by atoms with Crippen LogP contribution in [0.1, 0.15) is 29.3 Å². The van der Waals surface area contributed by atoms with E-state index in [1.54, 1.807) is 17.9 Å². The smallest absolute Gasteiger partial charge is 0.308 e. The normalized spacial score (nSPS) is 22.6. The average Bonchev–Trinajstić information content (AvgIpc) is 2.74. The van der Waals surface area contributed by atoms with E-state index in [9.17, 15) is 9.59 Å². The first-order valence-corrected chi connectivity index (χ1v) is 7.01. The molecule has 1 aromatic carbocycles. The van der Waals surface area contributed by atoms with Gasteiger partial charge in [0.15, 0.2) is 0 Å². The quantitative estimate of drug-likeness (QED) is 0.909. The lowest BCUT2D eigenvalue weighted by atomic mass is 10.0. The fourth-order valence-corrected chi connectivity index (χ4v) is 2.75. The Kier molecular flexibility index (Phi) is 3.94. The van der Waals surface area contributed by atoms with Gasteiger partial charge in [-0.05, 0) is 44.0 Å². The number of likely N-dealkylation sites (tertiary alicyclic amines) is 1. The van der Waals surface area contributed by atoms with Crippen LogP contribution in [-0.4, -0.2) is 34.5 Å². The van der Waals surface area contributed by atoms with Crippen molar-refractivity contribution in [2.24, 2.45) is 5.92 Å². The monoisotopic (exact) mass is 325 g/mol. The van der Waals surface area contributed by atoms with Crippen molar-refractivity contribution in [2.75, 3.05) is 6.54 Å². The van der Waals surface area contributed by atoms with E-state index < -0.39 is 11.9 Å². The molecule has 19 heavy (non-hydrogen) atoms. The highest BCUT2D eigenvalue weighted by atomic mass is 79.9. The van der Waals surface area contributed by atoms with Crippen LogP contribution in [0.3, 0.4) is 0 Å². The van der Waals surface area contributed by atoms with E-state index in [-0.39, 0.29) is 11.9 Å². The van der Waals surface area contributed by atoms with Crippen LogP contribution in [0.15, 0.2) is 22.7 Å². The third-order valence-electron chi connectivity index (χ3n) is 3.74. The maximum absolute atomic E-state index is 12.4. The van der Waals surface area contributed by atoms with Crippen LogP contribution in [0, 0.1) is 12.8 Å². The van der Waals surface area contributed by atoms with Crippen molar-refractivity contribution in [2.45, 2.75) is 26.3 Å². The Balaban J connectivity index is 2.21. The number of aliphatic carboxylic acids is 1. The predicted octanol–water partition coefficient (Wildman–Crippen LogP) is 2.69. The molecule has 102 valence electrons. The molecule has 1 aliphatic heterocycles. The van der Waals surface area contributed by atoms with E-state index in [0.717, 1.165) is 10.0 Å². The number of benzene rings is 1. The van der Waals surface area contributed by atoms with Crippen molar-refractivity contribution in [3.8, 4) is 0 Å². The number of carboxylic acids is 1. The van der Waals surface area contributed by atoms with Crippen LogP contribution in [0.5, 0.6) is 0 Å². The third kappa shape index (κ3) is 2.66. The van der Waals surface area contributed by atoms with E-state index in [2.05, 4.69) is 15.9 Å². The zero-order chi connectivity index (χ0) is 14.2. The molecule has 1 aliphatic rings. The second kappa shape index (κ2) is 5.33. The molecular formula is C14H16BrNO3. The van der Waals surface area contributed by atoms with Crippen molar-refractivity contribution in [3.63, 3.8) is 0 Å². The molecule has 1 aromatic rings. The largest absolute Gasteiger partial charge is 0.481 e. The molecule has 1 fully saturated rings. The summed E-state index contributed by atoms with van der Waals surface area (Å²) in [4.78, 5) is 25.1. The number of nitrogens with zero attached hydrogens (tertiary/aromatic N) is 1. The summed E-state index contributed by atoms with van der Waals surface area (Å²) in [5.41, 5.74) is 1.60. The van der Waals surface area contributed by atoms with Crippen molar-refractivity contribution in [1.29, 1.82) is 0 Å². The van der Waals surface area contributed by atoms with Gasteiger partial charge in [-0.1, -0.05) is 15.9 Å². The Morgan fingerprint density at radius 2 is 2.11 bits per heavy atom. The van der Waals surface area contributed by atoms with Crippen LogP contribution in [0.4, 0.5) is 0 Å². The standard InChI is InChI=1S/C14H16BrNO3/c1-8-7-10(3-4-12(8)15)13(17)16-6-5-11(9(16)2)14(18)19/h3-4,7,9,11H,5-6H2,1-2H3,(H,18,19). The SMILES string of the molecule is Cc1cc(C(=O)N2CCC(C(=O)O)C2C)ccc1Br. The molecule has 0 bridgehead atoms. The summed E-state index contributed by atoms with van der Waals surface area (Å²) in [5, 5.41) is 9.09. The molecule has 5 heteroatoms. The number of halogens is 1. The van der Waals surface area contributed by atoms with Gasteiger partial charge in [0.2, 0.25) is 0 Å². The number of aryl methyl sites for hydroxylation is 1. The van der Waals surface area contributed by atoms with Crippen LogP contribution < -0.4 is 0 Å². The molecule has 4 nitrogen and oxygen atoms in total. The van der Waals surface area contributed by atoms with Gasteiger partial charge in [-0.3, -0.25) is 9.59 Å². The Bertz CT molecular complexity index is 529. The fraction of sp³-hybridized carbons (Fsp3) is 0.429. The van der Waals surface area contributed by atoms with E-state index >= 15 is 0 Å². The van der Waals surface area contributed by atoms with Gasteiger partial charge in [0, 0.05) is 22.6 Å². The molecule has 0 saturated carbocycles. The third-order valence-corrected chi connectivity index (χ3v) is 4.63. The molecule has 1 heterocycles. The summed E-state index contributed by atoms with van der Waals surface area (Å²) in [5.74, 6) is -1.37. The summed E-state index contributed by atoms with van der Waals surface area (Å²) < 4.78 is 0.960. The van der Waals surface area contributed by atoms with Gasteiger partial charge in [0.1, 0.15) is 0 Å². The number of hydrogen-bond acceptors (Lipinski definition) is 2. The molecule has 2 unspecified atom stereocenters. The lowest BCUT2D eigenvalue weighted by Crippen LogP contribution is -2.37. The zero-order valence-corrected chi connectivity index (χ0v) is 12.5. The summed E-state index contributed by atoms with van der Waals surface area (Å²) in [6.45, 7) is 4.23. The highest BCUT2D eigenvalue weighted by Crippen LogP contribution is 2.27. The molecule has 1 N–H and O–H groups in total. The lowest BCUT2D eigenvalue weighted by Gasteiger charge is -2.23. The number of rotatable bonds is 2. The Hall–Kier alpha value is -1.36. The van der Waals surface area contributed by atoms with E-state index in [4.69, 9.17) is 5.11 Å². The van der Waals surface area contributed by atoms with Crippen LogP contribution in [-0.2, 0) is 4.79 Å². The van der Waals surface area contributed by atoms with Gasteiger partial charge < -0.3 is 10.0 Å². The minimum Gasteiger partial charge on any atom is -0.481 e. The van der Waals surface area contributed by atoms with Gasteiger partial charge in [0.25, 0.3) is 5.91 Å². The number of carbonyl (C=O) groups is 2. The lowest BCUT2D eigenvalue weighted by molar-refractivity contribution is -0.142. The van der Waals surface area contributed by atoms with Gasteiger partial charge >= 0.3 is 5.97 Å². The first kappa shape index (κ1) is 14.1. The molecule has 0 spiro atoms. The van der Waals surface area contributed by atoms with Crippen LogP contribution in [0.2, 0.25) is 0 Å². The Labute approximate surface area is 120 Å². The number of carboxylic acid groups (broad SMARTS) is 1. The van der Waals surface area contributed by atoms with Gasteiger partial charge in [0.05, 0.1) is 5.92 Å². The first-order valence-electron chi connectivity index (χ1n) is 6.21. The molecule has 2 atom stereocenters. The minimum absolute atomic E-state index is 0.0909. The average molecular weight is 326 g/mol. The highest BCUT2D eigenvalue weighted by molar-refractivity contribution is 9.10. The maximum atomic E-state index is 12.4. The molecule has 2 rings (SSSR count). The van der Waals surface area contributed by atoms with Crippen molar-refractivity contribution >= 4 is 27.8 Å². The topological polar surface area (TPSA) is 57.6 Å². The highest BCUT2D eigenvalue weighted by Gasteiger charge is 2.38. The Morgan fingerprint density at radius 3 is 2.63 bits per heavy atom. The van der Waals surface area contributed by atoms with Crippen LogP contribution in [0.25, 0.3) is 0 Å². The summed E-state index contributed by atoms with van der Waals surface area (Å²) in [6.07, 6.45) is 0.526. The maximum Gasteiger partial charge on any atom is 0.308 e. The van der Waals surface area contributed by atoms with Gasteiger partial charge in [-0.25, -0.2) is 0 Å². The number of amides is 1. The molecule has 0 radical (unpaired) electrons. The fourth-order valence-electron chi connectivity index (χ4n) is 2.50. The van der Waals surface area contributed by atoms with E-state index in [1.807, 2.05) is 19.1 Å². The molecule has 0 aliphatic carbocycles. The van der Waals surface area contributed by atoms with Crippen LogP contribution >= 0.6 is 15.9 Å². The first-order chi connectivity index (χ1) is 8.91. The van der Waals surface area contributed by atoms with Gasteiger partial charge in [-0.2, -0.15) is 0 Å². The summed E-state index contributed by atoms with van der Waals surface area (Å²) in [6, 6.07) is 5.18. The predicted molar refractivity (Wildman–Crippen MR) is 75.1 cm³/mol. The number of hydrogen-bond donors (Lipinski definition) is 1. The molecule has 1 amide bonds.